The van der Waals surface area contributed by atoms with Crippen molar-refractivity contribution < 1.29 is 14.6 Å². The zero-order valence-corrected chi connectivity index (χ0v) is 10.9. The highest BCUT2D eigenvalue weighted by Crippen LogP contribution is 2.16. The number of aromatic hydroxyl groups is 1. The van der Waals surface area contributed by atoms with Gasteiger partial charge in [-0.1, -0.05) is 12.1 Å². The molecule has 0 saturated carbocycles. The molecule has 2 aliphatic rings. The highest BCUT2D eigenvalue weighted by atomic mass is 16.5. The molecule has 104 valence electrons. The summed E-state index contributed by atoms with van der Waals surface area (Å²) in [5.74, 6) is 0.573. The van der Waals surface area contributed by atoms with Gasteiger partial charge in [0, 0.05) is 13.1 Å². The van der Waals surface area contributed by atoms with Crippen LogP contribution in [0.25, 0.3) is 6.08 Å². The van der Waals surface area contributed by atoms with Crippen LogP contribution in [0.4, 0.5) is 0 Å². The third kappa shape index (κ3) is 2.65. The summed E-state index contributed by atoms with van der Waals surface area (Å²) in [6.45, 7) is 2.75. The minimum Gasteiger partial charge on any atom is -0.508 e. The van der Waals surface area contributed by atoms with Gasteiger partial charge in [-0.15, -0.1) is 0 Å². The van der Waals surface area contributed by atoms with Crippen LogP contribution >= 0.6 is 0 Å². The molecule has 0 bridgehead atoms. The molecule has 3 rings (SSSR count). The molecule has 2 N–H and O–H groups in total. The van der Waals surface area contributed by atoms with Crippen LogP contribution in [0.2, 0.25) is 0 Å². The number of carbonyl (C=O) groups is 1. The number of hydrogen-bond acceptors (Lipinski definition) is 5. The van der Waals surface area contributed by atoms with Crippen molar-refractivity contribution in [3.05, 3.63) is 35.5 Å². The lowest BCUT2D eigenvalue weighted by molar-refractivity contribution is -0.115. The molecule has 0 radical (unpaired) electrons. The number of carbonyl (C=O) groups excluding carboxylic acids is 1. The summed E-state index contributed by atoms with van der Waals surface area (Å²) in [4.78, 5) is 18.2. The highest BCUT2D eigenvalue weighted by Gasteiger charge is 2.25. The first-order valence-corrected chi connectivity index (χ1v) is 6.46. The van der Waals surface area contributed by atoms with Crippen LogP contribution in [0.3, 0.4) is 0 Å². The number of ether oxygens (including phenoxy) is 1. The van der Waals surface area contributed by atoms with E-state index < -0.39 is 0 Å². The second kappa shape index (κ2) is 5.34. The molecule has 0 aromatic heterocycles. The highest BCUT2D eigenvalue weighted by molar-refractivity contribution is 6.13. The largest absolute Gasteiger partial charge is 0.508 e. The minimum absolute atomic E-state index is 0.195. The third-order valence-electron chi connectivity index (χ3n) is 3.19. The number of rotatable bonds is 1. The summed E-state index contributed by atoms with van der Waals surface area (Å²) >= 11 is 0. The van der Waals surface area contributed by atoms with Crippen molar-refractivity contribution in [2.45, 2.75) is 0 Å². The second-order valence-electron chi connectivity index (χ2n) is 4.61. The molecular weight excluding hydrogens is 258 g/mol. The average molecular weight is 273 g/mol. The number of morpholine rings is 1. The number of amides is 1. The lowest BCUT2D eigenvalue weighted by Crippen LogP contribution is -2.46. The van der Waals surface area contributed by atoms with Crippen molar-refractivity contribution >= 4 is 17.9 Å². The van der Waals surface area contributed by atoms with Crippen molar-refractivity contribution in [1.82, 2.24) is 10.2 Å². The van der Waals surface area contributed by atoms with Gasteiger partial charge in [0.1, 0.15) is 11.4 Å². The van der Waals surface area contributed by atoms with Crippen LogP contribution < -0.4 is 5.32 Å². The lowest BCUT2D eigenvalue weighted by Gasteiger charge is -2.27. The Kier molecular flexibility index (Phi) is 3.39. The minimum atomic E-state index is -0.209. The summed E-state index contributed by atoms with van der Waals surface area (Å²) in [5.41, 5.74) is 1.19. The van der Waals surface area contributed by atoms with Gasteiger partial charge in [-0.25, -0.2) is 4.99 Å². The number of guanidine groups is 1. The number of nitrogens with one attached hydrogen (secondary N) is 1. The normalized spacial score (nSPS) is 21.0. The predicted molar refractivity (Wildman–Crippen MR) is 74.1 cm³/mol. The second-order valence-corrected chi connectivity index (χ2v) is 4.61. The van der Waals surface area contributed by atoms with Gasteiger partial charge in [-0.3, -0.25) is 10.1 Å². The Bertz CT molecular complexity index is 572. The molecule has 2 heterocycles. The van der Waals surface area contributed by atoms with Crippen molar-refractivity contribution in [2.75, 3.05) is 26.3 Å². The summed E-state index contributed by atoms with van der Waals surface area (Å²) in [7, 11) is 0. The molecule has 1 saturated heterocycles. The molecule has 0 aliphatic carbocycles. The Balaban J connectivity index is 1.80. The Morgan fingerprint density at radius 2 is 1.95 bits per heavy atom. The van der Waals surface area contributed by atoms with Gasteiger partial charge >= 0.3 is 0 Å². The number of phenolic OH excluding ortho intramolecular Hbond substituents is 1. The molecule has 1 aromatic carbocycles. The van der Waals surface area contributed by atoms with Crippen molar-refractivity contribution in [3.8, 4) is 5.75 Å². The Morgan fingerprint density at radius 1 is 1.25 bits per heavy atom. The average Bonchev–Trinajstić information content (AvgIpc) is 2.84. The molecule has 20 heavy (non-hydrogen) atoms. The van der Waals surface area contributed by atoms with Gasteiger partial charge in [0.15, 0.2) is 0 Å². The molecule has 0 atom stereocenters. The maximum Gasteiger partial charge on any atom is 0.276 e. The topological polar surface area (TPSA) is 74.2 Å². The van der Waals surface area contributed by atoms with Gasteiger partial charge in [0.2, 0.25) is 5.96 Å². The van der Waals surface area contributed by atoms with E-state index in [1.807, 2.05) is 4.90 Å². The van der Waals surface area contributed by atoms with Crippen molar-refractivity contribution in [2.24, 2.45) is 4.99 Å². The number of benzene rings is 1. The standard InChI is InChI=1S/C14H15N3O3/c18-11-3-1-10(2-4-11)9-12-13(19)16-14(15-12)17-5-7-20-8-6-17/h1-4,9,18H,5-8H2,(H,15,16,19)/b12-9-. The van der Waals surface area contributed by atoms with E-state index in [1.165, 1.54) is 0 Å². The van der Waals surface area contributed by atoms with Gasteiger partial charge in [-0.05, 0) is 23.8 Å². The number of phenols is 1. The summed E-state index contributed by atoms with van der Waals surface area (Å²) in [5, 5.41) is 12.0. The lowest BCUT2D eigenvalue weighted by atomic mass is 10.2. The van der Waals surface area contributed by atoms with E-state index in [2.05, 4.69) is 10.3 Å². The Morgan fingerprint density at radius 3 is 2.65 bits per heavy atom. The molecule has 6 heteroatoms. The quantitative estimate of drug-likeness (QED) is 0.733. The molecule has 1 fully saturated rings. The van der Waals surface area contributed by atoms with Gasteiger partial charge < -0.3 is 14.7 Å². The van der Waals surface area contributed by atoms with Gasteiger partial charge in [0.25, 0.3) is 5.91 Å². The zero-order chi connectivity index (χ0) is 13.9. The van der Waals surface area contributed by atoms with Crippen LogP contribution in [0, 0.1) is 0 Å². The first kappa shape index (κ1) is 12.7. The fraction of sp³-hybridized carbons (Fsp3) is 0.286. The Labute approximate surface area is 116 Å². The van der Waals surface area contributed by atoms with E-state index in [0.717, 1.165) is 18.7 Å². The van der Waals surface area contributed by atoms with E-state index in [1.54, 1.807) is 30.3 Å². The molecular formula is C14H15N3O3. The van der Waals surface area contributed by atoms with Crippen molar-refractivity contribution in [3.63, 3.8) is 0 Å². The van der Waals surface area contributed by atoms with E-state index in [-0.39, 0.29) is 11.7 Å². The number of nitrogens with zero attached hydrogens (tertiary/aromatic N) is 2. The first-order chi connectivity index (χ1) is 9.72. The SMILES string of the molecule is O=C1NC(N2CCOCC2)=N/C1=C\c1ccc(O)cc1. The van der Waals surface area contributed by atoms with Gasteiger partial charge in [-0.2, -0.15) is 0 Å². The van der Waals surface area contributed by atoms with Gasteiger partial charge in [0.05, 0.1) is 13.2 Å². The van der Waals surface area contributed by atoms with Crippen LogP contribution in [-0.4, -0.2) is 48.2 Å². The van der Waals surface area contributed by atoms with Crippen LogP contribution in [-0.2, 0) is 9.53 Å². The van der Waals surface area contributed by atoms with E-state index in [4.69, 9.17) is 4.74 Å². The third-order valence-corrected chi connectivity index (χ3v) is 3.19. The maximum absolute atomic E-state index is 11.9. The fourth-order valence-corrected chi connectivity index (χ4v) is 2.11. The van der Waals surface area contributed by atoms with Crippen LogP contribution in [0.5, 0.6) is 5.75 Å². The van der Waals surface area contributed by atoms with Crippen LogP contribution in [0.15, 0.2) is 35.0 Å². The predicted octanol–water partition coefficient (Wildman–Crippen LogP) is 0.551. The monoisotopic (exact) mass is 273 g/mol. The van der Waals surface area contributed by atoms with E-state index in [9.17, 15) is 9.90 Å². The van der Waals surface area contributed by atoms with E-state index in [0.29, 0.717) is 24.9 Å². The number of hydrogen-bond donors (Lipinski definition) is 2. The molecule has 0 unspecified atom stereocenters. The van der Waals surface area contributed by atoms with Crippen molar-refractivity contribution in [1.29, 1.82) is 0 Å². The first-order valence-electron chi connectivity index (χ1n) is 6.46. The maximum atomic E-state index is 11.9. The summed E-state index contributed by atoms with van der Waals surface area (Å²) in [6, 6.07) is 6.62. The summed E-state index contributed by atoms with van der Waals surface area (Å²) in [6.07, 6.45) is 1.70. The molecule has 0 spiro atoms. The molecule has 2 aliphatic heterocycles. The fourth-order valence-electron chi connectivity index (χ4n) is 2.11. The smallest absolute Gasteiger partial charge is 0.276 e. The molecule has 1 amide bonds. The molecule has 6 nitrogen and oxygen atoms in total. The molecule has 1 aromatic rings. The zero-order valence-electron chi connectivity index (χ0n) is 10.9. The summed E-state index contributed by atoms with van der Waals surface area (Å²) < 4.78 is 5.27. The number of aliphatic imine (C=N–C) groups is 1. The Hall–Kier alpha value is -2.34. The van der Waals surface area contributed by atoms with Crippen LogP contribution in [0.1, 0.15) is 5.56 Å². The van der Waals surface area contributed by atoms with E-state index >= 15 is 0 Å².